The number of aliphatic hydroxyl groups is 1. The molecule has 3 heteroatoms. The van der Waals surface area contributed by atoms with E-state index in [2.05, 4.69) is 19.9 Å². The fourth-order valence-electron chi connectivity index (χ4n) is 4.01. The van der Waals surface area contributed by atoms with E-state index in [-0.39, 0.29) is 0 Å². The molecule has 2 aliphatic carbocycles. The number of fused-ring (bicyclic) bond motifs is 1. The summed E-state index contributed by atoms with van der Waals surface area (Å²) in [4.78, 5) is 0. The third-order valence-corrected chi connectivity index (χ3v) is 8.31. The Balaban J connectivity index is 1.91. The Kier molecular flexibility index (Phi) is 3.08. The van der Waals surface area contributed by atoms with Gasteiger partial charge in [-0.05, 0) is 61.0 Å². The highest BCUT2D eigenvalue weighted by Gasteiger charge is 2.62. The molecular weight excluding hydrogens is 248 g/mol. The molecule has 0 bridgehead atoms. The number of thioether (sulfide) groups is 2. The van der Waals surface area contributed by atoms with Crippen molar-refractivity contribution in [2.24, 2.45) is 11.3 Å². The molecule has 1 nitrogen and oxygen atoms in total. The van der Waals surface area contributed by atoms with Crippen molar-refractivity contribution in [3.05, 3.63) is 11.6 Å². The second-order valence-corrected chi connectivity index (χ2v) is 8.64. The third-order valence-electron chi connectivity index (χ3n) is 5.06. The zero-order chi connectivity index (χ0) is 12.1. The summed E-state index contributed by atoms with van der Waals surface area (Å²) in [5, 5.41) is 11.2. The molecule has 1 N–H and O–H groups in total. The smallest absolute Gasteiger partial charge is 0.107 e. The molecule has 96 valence electrons. The van der Waals surface area contributed by atoms with Crippen molar-refractivity contribution in [1.82, 2.24) is 0 Å². The van der Waals surface area contributed by atoms with Gasteiger partial charge in [-0.15, -0.1) is 23.5 Å². The fourth-order valence-corrected chi connectivity index (χ4v) is 7.20. The molecule has 0 radical (unpaired) electrons. The standard InChI is InChI=1S/C14H22OS2/c1-3-11-13(2)6-5-10(13)9-14(11,15)12-16-7-4-8-17-12/h3,10,12,15H,4-9H2,1-2H3/b11-3+/t10-,13+,14+/m1/s1. The number of allylic oxidation sites excluding steroid dienone is 1. The van der Waals surface area contributed by atoms with E-state index in [4.69, 9.17) is 0 Å². The van der Waals surface area contributed by atoms with Gasteiger partial charge in [0, 0.05) is 0 Å². The van der Waals surface area contributed by atoms with Crippen LogP contribution in [0.25, 0.3) is 0 Å². The summed E-state index contributed by atoms with van der Waals surface area (Å²) < 4.78 is 0.380. The van der Waals surface area contributed by atoms with Crippen LogP contribution in [0.2, 0.25) is 0 Å². The summed E-state index contributed by atoms with van der Waals surface area (Å²) in [5.41, 5.74) is 1.16. The topological polar surface area (TPSA) is 20.2 Å². The summed E-state index contributed by atoms with van der Waals surface area (Å²) in [5.74, 6) is 3.18. The highest BCUT2D eigenvalue weighted by molar-refractivity contribution is 8.17. The van der Waals surface area contributed by atoms with E-state index < -0.39 is 5.60 Å². The quantitative estimate of drug-likeness (QED) is 0.734. The van der Waals surface area contributed by atoms with Gasteiger partial charge >= 0.3 is 0 Å². The molecule has 1 heterocycles. The molecular formula is C14H22OS2. The van der Waals surface area contributed by atoms with E-state index in [1.807, 2.05) is 23.5 Å². The van der Waals surface area contributed by atoms with Crippen molar-refractivity contribution in [3.8, 4) is 0 Å². The highest BCUT2D eigenvalue weighted by atomic mass is 32.2. The Morgan fingerprint density at radius 3 is 2.59 bits per heavy atom. The first kappa shape index (κ1) is 12.4. The lowest BCUT2D eigenvalue weighted by molar-refractivity contribution is 0.0895. The van der Waals surface area contributed by atoms with Crippen LogP contribution >= 0.6 is 23.5 Å². The molecule has 1 aliphatic heterocycles. The second-order valence-electron chi connectivity index (χ2n) is 5.91. The van der Waals surface area contributed by atoms with Gasteiger partial charge in [0.15, 0.2) is 0 Å². The molecule has 0 aromatic carbocycles. The molecule has 3 atom stereocenters. The third kappa shape index (κ3) is 1.65. The molecule has 17 heavy (non-hydrogen) atoms. The first-order chi connectivity index (χ1) is 8.11. The zero-order valence-corrected chi connectivity index (χ0v) is 12.4. The van der Waals surface area contributed by atoms with Crippen LogP contribution in [-0.2, 0) is 0 Å². The maximum absolute atomic E-state index is 11.2. The van der Waals surface area contributed by atoms with Crippen molar-refractivity contribution < 1.29 is 5.11 Å². The van der Waals surface area contributed by atoms with Crippen LogP contribution in [-0.4, -0.2) is 26.8 Å². The summed E-state index contributed by atoms with van der Waals surface area (Å²) in [6.45, 7) is 4.48. The number of hydrogen-bond donors (Lipinski definition) is 1. The summed E-state index contributed by atoms with van der Waals surface area (Å²) in [6, 6.07) is 0. The van der Waals surface area contributed by atoms with Crippen LogP contribution < -0.4 is 0 Å². The van der Waals surface area contributed by atoms with Crippen molar-refractivity contribution in [3.63, 3.8) is 0 Å². The van der Waals surface area contributed by atoms with Crippen molar-refractivity contribution >= 4 is 23.5 Å². The Morgan fingerprint density at radius 1 is 1.35 bits per heavy atom. The first-order valence-electron chi connectivity index (χ1n) is 6.74. The molecule has 2 saturated carbocycles. The molecule has 1 saturated heterocycles. The molecule has 3 rings (SSSR count). The van der Waals surface area contributed by atoms with Crippen molar-refractivity contribution in [1.29, 1.82) is 0 Å². The molecule has 0 aromatic rings. The SMILES string of the molecule is C/C=C1/[C@](O)(C2SCCCS2)C[C@H]2CC[C@]12C. The zero-order valence-electron chi connectivity index (χ0n) is 10.7. The van der Waals surface area contributed by atoms with Crippen molar-refractivity contribution in [2.75, 3.05) is 11.5 Å². The Hall–Kier alpha value is 0.400. The maximum Gasteiger partial charge on any atom is 0.107 e. The van der Waals surface area contributed by atoms with E-state index in [0.29, 0.717) is 10.00 Å². The molecule has 3 aliphatic rings. The van der Waals surface area contributed by atoms with Gasteiger partial charge in [0.05, 0.1) is 4.58 Å². The predicted octanol–water partition coefficient (Wildman–Crippen LogP) is 3.68. The van der Waals surface area contributed by atoms with Crippen LogP contribution in [0.1, 0.15) is 39.5 Å². The van der Waals surface area contributed by atoms with E-state index in [0.717, 1.165) is 12.3 Å². The van der Waals surface area contributed by atoms with E-state index in [1.54, 1.807) is 0 Å². The van der Waals surface area contributed by atoms with Crippen LogP contribution in [0.5, 0.6) is 0 Å². The summed E-state index contributed by atoms with van der Waals surface area (Å²) in [6.07, 6.45) is 7.12. The van der Waals surface area contributed by atoms with E-state index >= 15 is 0 Å². The van der Waals surface area contributed by atoms with Gasteiger partial charge in [-0.2, -0.15) is 0 Å². The highest BCUT2D eigenvalue weighted by Crippen LogP contribution is 2.66. The van der Waals surface area contributed by atoms with Crippen LogP contribution in [0.4, 0.5) is 0 Å². The van der Waals surface area contributed by atoms with E-state index in [1.165, 1.54) is 36.3 Å². The lowest BCUT2D eigenvalue weighted by Crippen LogP contribution is -2.41. The molecule has 0 aromatic heterocycles. The minimum atomic E-state index is -0.513. The average molecular weight is 270 g/mol. The van der Waals surface area contributed by atoms with Gasteiger partial charge in [-0.3, -0.25) is 0 Å². The van der Waals surface area contributed by atoms with Crippen LogP contribution in [0, 0.1) is 11.3 Å². The summed E-state index contributed by atoms with van der Waals surface area (Å²) >= 11 is 3.96. The molecule has 0 amide bonds. The second kappa shape index (κ2) is 4.21. The normalized spacial score (nSPS) is 49.1. The number of hydrogen-bond acceptors (Lipinski definition) is 3. The number of rotatable bonds is 1. The summed E-state index contributed by atoms with van der Waals surface area (Å²) in [7, 11) is 0. The Morgan fingerprint density at radius 2 is 2.06 bits per heavy atom. The fraction of sp³-hybridized carbons (Fsp3) is 0.857. The van der Waals surface area contributed by atoms with Crippen LogP contribution in [0.3, 0.4) is 0 Å². The monoisotopic (exact) mass is 270 g/mol. The van der Waals surface area contributed by atoms with Gasteiger partial charge in [-0.25, -0.2) is 0 Å². The predicted molar refractivity (Wildman–Crippen MR) is 77.5 cm³/mol. The maximum atomic E-state index is 11.2. The van der Waals surface area contributed by atoms with Gasteiger partial charge in [0.2, 0.25) is 0 Å². The van der Waals surface area contributed by atoms with Crippen molar-refractivity contribution in [2.45, 2.75) is 49.7 Å². The minimum Gasteiger partial charge on any atom is -0.383 e. The van der Waals surface area contributed by atoms with E-state index in [9.17, 15) is 5.11 Å². The molecule has 3 fully saturated rings. The first-order valence-corrected chi connectivity index (χ1v) is 8.84. The minimum absolute atomic E-state index is 0.321. The lowest BCUT2D eigenvalue weighted by atomic mass is 9.61. The van der Waals surface area contributed by atoms with Gasteiger partial charge in [0.1, 0.15) is 5.60 Å². The lowest BCUT2D eigenvalue weighted by Gasteiger charge is -2.44. The Labute approximate surface area is 113 Å². The average Bonchev–Trinajstić information content (AvgIpc) is 2.50. The molecule has 0 spiro atoms. The van der Waals surface area contributed by atoms with Gasteiger partial charge in [-0.1, -0.05) is 13.0 Å². The van der Waals surface area contributed by atoms with Crippen LogP contribution in [0.15, 0.2) is 11.6 Å². The van der Waals surface area contributed by atoms with Gasteiger partial charge < -0.3 is 5.11 Å². The van der Waals surface area contributed by atoms with Gasteiger partial charge in [0.25, 0.3) is 0 Å². The Bertz CT molecular complexity index is 348. The largest absolute Gasteiger partial charge is 0.383 e. The molecule has 0 unspecified atom stereocenters.